The Morgan fingerprint density at radius 3 is 2.68 bits per heavy atom. The first-order valence-electron chi connectivity index (χ1n) is 7.33. The van der Waals surface area contributed by atoms with Gasteiger partial charge in [-0.15, -0.1) is 0 Å². The van der Waals surface area contributed by atoms with E-state index in [9.17, 15) is 4.79 Å². The first-order valence-corrected chi connectivity index (χ1v) is 8.12. The molecule has 1 fully saturated rings. The van der Waals surface area contributed by atoms with Gasteiger partial charge in [0.25, 0.3) is 5.91 Å². The van der Waals surface area contributed by atoms with Crippen molar-refractivity contribution in [2.45, 2.75) is 18.8 Å². The summed E-state index contributed by atoms with van der Waals surface area (Å²) < 4.78 is 0.959. The van der Waals surface area contributed by atoms with Crippen LogP contribution in [0.5, 0.6) is 0 Å². The predicted octanol–water partition coefficient (Wildman–Crippen LogP) is 2.96. The molecule has 3 rings (SSSR count). The van der Waals surface area contributed by atoms with Crippen LogP contribution in [0.2, 0.25) is 0 Å². The molecule has 5 nitrogen and oxygen atoms in total. The Morgan fingerprint density at radius 2 is 1.95 bits per heavy atom. The highest BCUT2D eigenvalue weighted by Gasteiger charge is 2.26. The Hall–Kier alpha value is -1.95. The molecule has 0 atom stereocenters. The van der Waals surface area contributed by atoms with Crippen molar-refractivity contribution in [3.8, 4) is 0 Å². The molecule has 0 aliphatic heterocycles. The Kier molecular flexibility index (Phi) is 4.68. The number of halogens is 1. The van der Waals surface area contributed by atoms with Crippen LogP contribution in [0.4, 0.5) is 5.82 Å². The van der Waals surface area contributed by atoms with Crippen LogP contribution < -0.4 is 10.6 Å². The molecule has 114 valence electrons. The van der Waals surface area contributed by atoms with Crippen LogP contribution in [-0.4, -0.2) is 29.0 Å². The third-order valence-corrected chi connectivity index (χ3v) is 3.97. The standard InChI is InChI=1S/C16H17BrN4O/c17-13-5-3-12(4-6-13)16(22)20-10-9-18-14-7-8-19-15(21-14)11-1-2-11/h3-8,11H,1-2,9-10H2,(H,20,22)(H,18,19,21). The normalized spacial score (nSPS) is 13.7. The van der Waals surface area contributed by atoms with E-state index in [2.05, 4.69) is 36.5 Å². The van der Waals surface area contributed by atoms with Crippen molar-refractivity contribution in [1.29, 1.82) is 0 Å². The van der Waals surface area contributed by atoms with E-state index in [0.29, 0.717) is 24.6 Å². The maximum atomic E-state index is 11.9. The lowest BCUT2D eigenvalue weighted by Crippen LogP contribution is -2.28. The van der Waals surface area contributed by atoms with E-state index >= 15 is 0 Å². The third kappa shape index (κ3) is 4.04. The van der Waals surface area contributed by atoms with Gasteiger partial charge in [-0.25, -0.2) is 9.97 Å². The van der Waals surface area contributed by atoms with Gasteiger partial charge in [-0.3, -0.25) is 4.79 Å². The highest BCUT2D eigenvalue weighted by molar-refractivity contribution is 9.10. The number of benzene rings is 1. The molecule has 1 aliphatic rings. The van der Waals surface area contributed by atoms with Crippen molar-refractivity contribution in [2.24, 2.45) is 0 Å². The molecule has 1 heterocycles. The number of amides is 1. The van der Waals surface area contributed by atoms with Crippen molar-refractivity contribution in [3.05, 3.63) is 52.4 Å². The fourth-order valence-corrected chi connectivity index (χ4v) is 2.34. The van der Waals surface area contributed by atoms with Crippen LogP contribution in [0.15, 0.2) is 41.0 Å². The monoisotopic (exact) mass is 360 g/mol. The fraction of sp³-hybridized carbons (Fsp3) is 0.312. The molecule has 0 radical (unpaired) electrons. The van der Waals surface area contributed by atoms with Gasteiger partial charge in [0.2, 0.25) is 0 Å². The van der Waals surface area contributed by atoms with E-state index in [1.807, 2.05) is 18.2 Å². The fourth-order valence-electron chi connectivity index (χ4n) is 2.08. The van der Waals surface area contributed by atoms with Crippen molar-refractivity contribution < 1.29 is 4.79 Å². The van der Waals surface area contributed by atoms with Gasteiger partial charge in [-0.2, -0.15) is 0 Å². The number of rotatable bonds is 6. The Balaban J connectivity index is 1.44. The number of hydrogen-bond acceptors (Lipinski definition) is 4. The predicted molar refractivity (Wildman–Crippen MR) is 89.0 cm³/mol. The van der Waals surface area contributed by atoms with Gasteiger partial charge in [0.15, 0.2) is 0 Å². The second-order valence-electron chi connectivity index (χ2n) is 5.26. The maximum absolute atomic E-state index is 11.9. The van der Waals surface area contributed by atoms with Gasteiger partial charge in [0.1, 0.15) is 11.6 Å². The Bertz CT molecular complexity index is 655. The van der Waals surface area contributed by atoms with Crippen LogP contribution in [0.1, 0.15) is 34.9 Å². The number of nitrogens with one attached hydrogen (secondary N) is 2. The van der Waals surface area contributed by atoms with Crippen molar-refractivity contribution in [3.63, 3.8) is 0 Å². The van der Waals surface area contributed by atoms with Crippen molar-refractivity contribution in [2.75, 3.05) is 18.4 Å². The lowest BCUT2D eigenvalue weighted by atomic mass is 10.2. The molecule has 22 heavy (non-hydrogen) atoms. The minimum Gasteiger partial charge on any atom is -0.368 e. The minimum atomic E-state index is -0.0735. The molecule has 2 N–H and O–H groups in total. The SMILES string of the molecule is O=C(NCCNc1ccnc(C2CC2)n1)c1ccc(Br)cc1. The third-order valence-electron chi connectivity index (χ3n) is 3.44. The summed E-state index contributed by atoms with van der Waals surface area (Å²) in [7, 11) is 0. The molecule has 2 aromatic rings. The quantitative estimate of drug-likeness (QED) is 0.777. The number of anilines is 1. The average Bonchev–Trinajstić information content (AvgIpc) is 3.37. The van der Waals surface area contributed by atoms with E-state index in [-0.39, 0.29) is 5.91 Å². The highest BCUT2D eigenvalue weighted by atomic mass is 79.9. The van der Waals surface area contributed by atoms with Crippen LogP contribution in [0.25, 0.3) is 0 Å². The molecule has 1 saturated carbocycles. The minimum absolute atomic E-state index is 0.0735. The molecule has 0 bridgehead atoms. The summed E-state index contributed by atoms with van der Waals surface area (Å²) in [5, 5.41) is 6.09. The van der Waals surface area contributed by atoms with E-state index < -0.39 is 0 Å². The largest absolute Gasteiger partial charge is 0.368 e. The molecule has 1 aromatic heterocycles. The zero-order chi connectivity index (χ0) is 15.4. The Morgan fingerprint density at radius 1 is 1.18 bits per heavy atom. The number of carbonyl (C=O) groups is 1. The molecule has 0 unspecified atom stereocenters. The van der Waals surface area contributed by atoms with Gasteiger partial charge in [0, 0.05) is 35.2 Å². The lowest BCUT2D eigenvalue weighted by molar-refractivity contribution is 0.0955. The van der Waals surface area contributed by atoms with Gasteiger partial charge in [-0.05, 0) is 43.2 Å². The van der Waals surface area contributed by atoms with Crippen LogP contribution in [0, 0.1) is 0 Å². The summed E-state index contributed by atoms with van der Waals surface area (Å²) >= 11 is 3.35. The van der Waals surface area contributed by atoms with Crippen molar-refractivity contribution in [1.82, 2.24) is 15.3 Å². The smallest absolute Gasteiger partial charge is 0.251 e. The summed E-state index contributed by atoms with van der Waals surface area (Å²) in [6, 6.07) is 9.14. The van der Waals surface area contributed by atoms with E-state index in [1.54, 1.807) is 18.3 Å². The number of nitrogens with zero attached hydrogens (tertiary/aromatic N) is 2. The van der Waals surface area contributed by atoms with E-state index in [1.165, 1.54) is 12.8 Å². The van der Waals surface area contributed by atoms with Gasteiger partial charge in [-0.1, -0.05) is 15.9 Å². The first-order chi connectivity index (χ1) is 10.7. The van der Waals surface area contributed by atoms with Gasteiger partial charge in [0.05, 0.1) is 0 Å². The molecule has 1 amide bonds. The van der Waals surface area contributed by atoms with E-state index in [4.69, 9.17) is 0 Å². The molecular formula is C16H17BrN4O. The van der Waals surface area contributed by atoms with Crippen LogP contribution in [-0.2, 0) is 0 Å². The summed E-state index contributed by atoms with van der Waals surface area (Å²) in [6.07, 6.45) is 4.16. The molecule has 1 aliphatic carbocycles. The Labute approximate surface area is 137 Å². The summed E-state index contributed by atoms with van der Waals surface area (Å²) in [5.74, 6) is 2.20. The second-order valence-corrected chi connectivity index (χ2v) is 6.18. The molecular weight excluding hydrogens is 344 g/mol. The zero-order valence-corrected chi connectivity index (χ0v) is 13.6. The number of hydrogen-bond donors (Lipinski definition) is 2. The number of aromatic nitrogens is 2. The summed E-state index contributed by atoms with van der Waals surface area (Å²) in [6.45, 7) is 1.17. The molecule has 6 heteroatoms. The first kappa shape index (κ1) is 15.0. The molecule has 0 saturated heterocycles. The van der Waals surface area contributed by atoms with Crippen molar-refractivity contribution >= 4 is 27.7 Å². The second kappa shape index (κ2) is 6.87. The van der Waals surface area contributed by atoms with E-state index in [0.717, 1.165) is 16.1 Å². The topological polar surface area (TPSA) is 66.9 Å². The summed E-state index contributed by atoms with van der Waals surface area (Å²) in [4.78, 5) is 20.7. The van der Waals surface area contributed by atoms with Gasteiger partial charge < -0.3 is 10.6 Å². The highest BCUT2D eigenvalue weighted by Crippen LogP contribution is 2.37. The van der Waals surface area contributed by atoms with Gasteiger partial charge >= 0.3 is 0 Å². The molecule has 1 aromatic carbocycles. The molecule has 0 spiro atoms. The lowest BCUT2D eigenvalue weighted by Gasteiger charge is -2.08. The average molecular weight is 361 g/mol. The van der Waals surface area contributed by atoms with Crippen LogP contribution in [0.3, 0.4) is 0 Å². The maximum Gasteiger partial charge on any atom is 0.251 e. The zero-order valence-electron chi connectivity index (χ0n) is 12.1. The number of carbonyl (C=O) groups excluding carboxylic acids is 1. The van der Waals surface area contributed by atoms with Crippen LogP contribution >= 0.6 is 15.9 Å². The summed E-state index contributed by atoms with van der Waals surface area (Å²) in [5.41, 5.74) is 0.654.